The largest absolute Gasteiger partial charge is 0.493 e. The van der Waals surface area contributed by atoms with Crippen LogP contribution in [0.25, 0.3) is 0 Å². The van der Waals surface area contributed by atoms with E-state index in [9.17, 15) is 0 Å². The molecule has 0 spiro atoms. The van der Waals surface area contributed by atoms with E-state index >= 15 is 0 Å². The van der Waals surface area contributed by atoms with Crippen LogP contribution in [-0.4, -0.2) is 50.7 Å². The number of methoxy groups -OCH3 is 2. The molecule has 23 heavy (non-hydrogen) atoms. The number of likely N-dealkylation sites (tertiary alicyclic amines) is 1. The summed E-state index contributed by atoms with van der Waals surface area (Å²) < 4.78 is 16.3. The molecule has 0 aromatic heterocycles. The second kappa shape index (κ2) is 11.0. The van der Waals surface area contributed by atoms with Gasteiger partial charge in [0.1, 0.15) is 0 Å². The molecule has 1 aromatic rings. The molecule has 1 unspecified atom stereocenters. The zero-order valence-corrected chi connectivity index (χ0v) is 15.5. The van der Waals surface area contributed by atoms with Crippen LogP contribution in [0.3, 0.4) is 0 Å². The van der Waals surface area contributed by atoms with Gasteiger partial charge < -0.3 is 19.1 Å². The molecule has 6 heteroatoms. The molecule has 132 valence electrons. The van der Waals surface area contributed by atoms with E-state index in [0.717, 1.165) is 23.6 Å². The van der Waals surface area contributed by atoms with Crippen LogP contribution < -0.4 is 9.47 Å². The van der Waals surface area contributed by atoms with Crippen molar-refractivity contribution in [2.75, 3.05) is 40.5 Å². The van der Waals surface area contributed by atoms with Crippen molar-refractivity contribution in [1.82, 2.24) is 4.90 Å². The third-order valence-electron chi connectivity index (χ3n) is 3.92. The van der Waals surface area contributed by atoms with Crippen LogP contribution in [-0.2, 0) is 11.3 Å². The van der Waals surface area contributed by atoms with Crippen molar-refractivity contribution in [3.8, 4) is 11.5 Å². The maximum atomic E-state index is 6.38. The summed E-state index contributed by atoms with van der Waals surface area (Å²) in [5, 5.41) is 0.0400. The fourth-order valence-electron chi connectivity index (χ4n) is 2.75. The highest BCUT2D eigenvalue weighted by molar-refractivity contribution is 6.20. The number of hydrogen-bond acceptors (Lipinski definition) is 4. The predicted molar refractivity (Wildman–Crippen MR) is 96.4 cm³/mol. The molecule has 0 bridgehead atoms. The maximum Gasteiger partial charge on any atom is 0.161 e. The number of halogens is 2. The van der Waals surface area contributed by atoms with Gasteiger partial charge in [0.2, 0.25) is 0 Å². The SMILES string of the molecule is COc1ccc(COCC(Cl)CN2CCCCC2)cc1OC.Cl. The molecule has 1 atom stereocenters. The first-order valence-corrected chi connectivity index (χ1v) is 8.31. The highest BCUT2D eigenvalue weighted by Crippen LogP contribution is 2.27. The summed E-state index contributed by atoms with van der Waals surface area (Å²) in [6, 6.07) is 5.81. The lowest BCUT2D eigenvalue weighted by Crippen LogP contribution is -2.36. The number of alkyl halides is 1. The predicted octanol–water partition coefficient (Wildman–Crippen LogP) is 3.74. The Balaban J connectivity index is 0.00000264. The molecule has 0 aliphatic carbocycles. The van der Waals surface area contributed by atoms with Gasteiger partial charge in [0.15, 0.2) is 11.5 Å². The van der Waals surface area contributed by atoms with Crippen LogP contribution in [0, 0.1) is 0 Å². The van der Waals surface area contributed by atoms with Gasteiger partial charge >= 0.3 is 0 Å². The maximum absolute atomic E-state index is 6.38. The van der Waals surface area contributed by atoms with Crippen LogP contribution in [0.1, 0.15) is 24.8 Å². The summed E-state index contributed by atoms with van der Waals surface area (Å²) in [6.07, 6.45) is 3.92. The zero-order chi connectivity index (χ0) is 15.8. The van der Waals surface area contributed by atoms with Crippen LogP contribution in [0.5, 0.6) is 11.5 Å². The van der Waals surface area contributed by atoms with Crippen molar-refractivity contribution in [2.24, 2.45) is 0 Å². The van der Waals surface area contributed by atoms with E-state index in [2.05, 4.69) is 4.90 Å². The Hall–Kier alpha value is -0.680. The molecule has 0 radical (unpaired) electrons. The van der Waals surface area contributed by atoms with Crippen molar-refractivity contribution in [2.45, 2.75) is 31.2 Å². The van der Waals surface area contributed by atoms with Crippen LogP contribution >= 0.6 is 24.0 Å². The van der Waals surface area contributed by atoms with Crippen molar-refractivity contribution in [3.05, 3.63) is 23.8 Å². The third kappa shape index (κ3) is 6.76. The molecule has 2 rings (SSSR count). The highest BCUT2D eigenvalue weighted by atomic mass is 35.5. The molecule has 1 fully saturated rings. The van der Waals surface area contributed by atoms with Crippen LogP contribution in [0.4, 0.5) is 0 Å². The number of hydrogen-bond donors (Lipinski definition) is 0. The van der Waals surface area contributed by atoms with Crippen LogP contribution in [0.15, 0.2) is 18.2 Å². The summed E-state index contributed by atoms with van der Waals surface area (Å²) in [5.41, 5.74) is 1.06. The Morgan fingerprint density at radius 3 is 2.43 bits per heavy atom. The van der Waals surface area contributed by atoms with Gasteiger partial charge in [0.25, 0.3) is 0 Å². The topological polar surface area (TPSA) is 30.9 Å². The molecular weight excluding hydrogens is 337 g/mol. The van der Waals surface area contributed by atoms with Crippen molar-refractivity contribution >= 4 is 24.0 Å². The Labute approximate surface area is 150 Å². The third-order valence-corrected chi connectivity index (χ3v) is 4.18. The molecule has 1 heterocycles. The Morgan fingerprint density at radius 1 is 1.09 bits per heavy atom. The average Bonchev–Trinajstić information content (AvgIpc) is 2.55. The molecule has 1 aliphatic rings. The van der Waals surface area contributed by atoms with Crippen molar-refractivity contribution in [1.29, 1.82) is 0 Å². The van der Waals surface area contributed by atoms with Gasteiger partial charge in [-0.05, 0) is 43.6 Å². The normalized spacial score (nSPS) is 16.5. The molecule has 1 saturated heterocycles. The summed E-state index contributed by atoms with van der Waals surface area (Å²) in [7, 11) is 3.27. The quantitative estimate of drug-likeness (QED) is 0.658. The fraction of sp³-hybridized carbons (Fsp3) is 0.647. The van der Waals surface area contributed by atoms with Gasteiger partial charge in [-0.3, -0.25) is 0 Å². The monoisotopic (exact) mass is 363 g/mol. The lowest BCUT2D eigenvalue weighted by Gasteiger charge is -2.28. The standard InChI is InChI=1S/C17H26ClNO3.ClH/c1-20-16-7-6-14(10-17(16)21-2)12-22-13-15(18)11-19-8-4-3-5-9-19;/h6-7,10,15H,3-5,8-9,11-13H2,1-2H3;1H. The number of ether oxygens (including phenoxy) is 3. The molecule has 1 aliphatic heterocycles. The van der Waals surface area contributed by atoms with Gasteiger partial charge in [-0.25, -0.2) is 0 Å². The zero-order valence-electron chi connectivity index (χ0n) is 13.9. The smallest absolute Gasteiger partial charge is 0.161 e. The van der Waals surface area contributed by atoms with E-state index in [0.29, 0.717) is 13.2 Å². The van der Waals surface area contributed by atoms with E-state index in [1.807, 2.05) is 18.2 Å². The first-order chi connectivity index (χ1) is 10.7. The van der Waals surface area contributed by atoms with Gasteiger partial charge in [-0.15, -0.1) is 24.0 Å². The molecule has 1 aromatic carbocycles. The van der Waals surface area contributed by atoms with Gasteiger partial charge in [0.05, 0.1) is 32.8 Å². The number of rotatable bonds is 8. The van der Waals surface area contributed by atoms with Crippen molar-refractivity contribution < 1.29 is 14.2 Å². The number of piperidine rings is 1. The van der Waals surface area contributed by atoms with Crippen LogP contribution in [0.2, 0.25) is 0 Å². The fourth-order valence-corrected chi connectivity index (χ4v) is 3.03. The summed E-state index contributed by atoms with van der Waals surface area (Å²) >= 11 is 6.38. The van der Waals surface area contributed by atoms with Gasteiger partial charge in [0, 0.05) is 6.54 Å². The van der Waals surface area contributed by atoms with E-state index in [1.165, 1.54) is 32.4 Å². The van der Waals surface area contributed by atoms with Gasteiger partial charge in [-0.1, -0.05) is 12.5 Å². The van der Waals surface area contributed by atoms with Crippen molar-refractivity contribution in [3.63, 3.8) is 0 Å². The lowest BCUT2D eigenvalue weighted by molar-refractivity contribution is 0.108. The first kappa shape index (κ1) is 20.4. The molecule has 0 amide bonds. The summed E-state index contributed by atoms with van der Waals surface area (Å²) in [5.74, 6) is 1.45. The minimum absolute atomic E-state index is 0. The molecule has 4 nitrogen and oxygen atoms in total. The highest BCUT2D eigenvalue weighted by Gasteiger charge is 2.15. The second-order valence-electron chi connectivity index (χ2n) is 5.66. The Kier molecular flexibility index (Phi) is 9.72. The average molecular weight is 364 g/mol. The molecular formula is C17H27Cl2NO3. The Morgan fingerprint density at radius 2 is 1.78 bits per heavy atom. The van der Waals surface area contributed by atoms with E-state index in [4.69, 9.17) is 25.8 Å². The number of nitrogens with zero attached hydrogens (tertiary/aromatic N) is 1. The minimum atomic E-state index is 0. The van der Waals surface area contributed by atoms with E-state index in [-0.39, 0.29) is 17.8 Å². The van der Waals surface area contributed by atoms with E-state index in [1.54, 1.807) is 14.2 Å². The minimum Gasteiger partial charge on any atom is -0.493 e. The first-order valence-electron chi connectivity index (χ1n) is 7.88. The second-order valence-corrected chi connectivity index (χ2v) is 6.28. The summed E-state index contributed by atoms with van der Waals surface area (Å²) in [6.45, 7) is 4.33. The summed E-state index contributed by atoms with van der Waals surface area (Å²) in [4.78, 5) is 2.43. The van der Waals surface area contributed by atoms with E-state index < -0.39 is 0 Å². The van der Waals surface area contributed by atoms with Gasteiger partial charge in [-0.2, -0.15) is 0 Å². The molecule has 0 N–H and O–H groups in total. The Bertz CT molecular complexity index is 453. The molecule has 0 saturated carbocycles. The lowest BCUT2D eigenvalue weighted by atomic mass is 10.1. The number of benzene rings is 1.